The number of amides is 4. The van der Waals surface area contributed by atoms with Crippen LogP contribution in [-0.2, 0) is 9.59 Å². The average molecular weight is 277 g/mol. The number of nitrogens with one attached hydrogen (secondary N) is 2. The number of nitrogens with zero attached hydrogens (tertiary/aromatic N) is 1. The van der Waals surface area contributed by atoms with Gasteiger partial charge >= 0.3 is 6.03 Å². The lowest BCUT2D eigenvalue weighted by Gasteiger charge is -2.14. The van der Waals surface area contributed by atoms with Crippen LogP contribution in [0.5, 0.6) is 5.75 Å². The van der Waals surface area contributed by atoms with E-state index in [4.69, 9.17) is 4.74 Å². The van der Waals surface area contributed by atoms with Crippen LogP contribution in [-0.4, -0.2) is 36.0 Å². The van der Waals surface area contributed by atoms with Crippen LogP contribution < -0.4 is 15.5 Å². The van der Waals surface area contributed by atoms with Crippen molar-refractivity contribution in [2.45, 2.75) is 12.8 Å². The fourth-order valence-corrected chi connectivity index (χ4v) is 1.68. The maximum atomic E-state index is 11.6. The zero-order valence-corrected chi connectivity index (χ0v) is 10.8. The minimum atomic E-state index is -0.608. The van der Waals surface area contributed by atoms with Crippen molar-refractivity contribution in [1.29, 1.82) is 0 Å². The topological polar surface area (TPSA) is 87.7 Å². The lowest BCUT2D eigenvalue weighted by molar-refractivity contribution is -0.125. The van der Waals surface area contributed by atoms with Crippen LogP contribution in [0, 0.1) is 0 Å². The molecule has 1 aromatic rings. The van der Waals surface area contributed by atoms with Gasteiger partial charge in [-0.05, 0) is 18.6 Å². The molecule has 7 nitrogen and oxygen atoms in total. The Morgan fingerprint density at radius 2 is 2.05 bits per heavy atom. The number of para-hydroxylation sites is 1. The van der Waals surface area contributed by atoms with Crippen LogP contribution in [0.1, 0.15) is 12.8 Å². The van der Waals surface area contributed by atoms with Gasteiger partial charge in [0.1, 0.15) is 12.3 Å². The van der Waals surface area contributed by atoms with Crippen molar-refractivity contribution < 1.29 is 19.1 Å². The molecular weight excluding hydrogens is 262 g/mol. The van der Waals surface area contributed by atoms with Crippen molar-refractivity contribution >= 4 is 17.8 Å². The number of benzene rings is 1. The van der Waals surface area contributed by atoms with E-state index in [1.165, 1.54) is 0 Å². The van der Waals surface area contributed by atoms with Crippen LogP contribution in [0.25, 0.3) is 0 Å². The predicted octanol–water partition coefficient (Wildman–Crippen LogP) is 0.429. The quantitative estimate of drug-likeness (QED) is 0.583. The van der Waals surface area contributed by atoms with Gasteiger partial charge in [-0.2, -0.15) is 0 Å². The maximum Gasteiger partial charge on any atom is 0.343 e. The van der Waals surface area contributed by atoms with E-state index in [0.29, 0.717) is 13.0 Å². The highest BCUT2D eigenvalue weighted by atomic mass is 16.5. The van der Waals surface area contributed by atoms with Gasteiger partial charge in [-0.15, -0.1) is 0 Å². The summed E-state index contributed by atoms with van der Waals surface area (Å²) in [4.78, 5) is 33.7. The van der Waals surface area contributed by atoms with Gasteiger partial charge in [-0.25, -0.2) is 9.80 Å². The second-order valence-electron chi connectivity index (χ2n) is 4.24. The second kappa shape index (κ2) is 6.55. The minimum absolute atomic E-state index is 0.148. The van der Waals surface area contributed by atoms with Gasteiger partial charge in [-0.3, -0.25) is 20.3 Å². The van der Waals surface area contributed by atoms with E-state index in [9.17, 15) is 14.4 Å². The first kappa shape index (κ1) is 13.9. The van der Waals surface area contributed by atoms with Gasteiger partial charge in [0.15, 0.2) is 0 Å². The monoisotopic (exact) mass is 277 g/mol. The van der Waals surface area contributed by atoms with E-state index in [-0.39, 0.29) is 18.9 Å². The van der Waals surface area contributed by atoms with Gasteiger partial charge in [-0.1, -0.05) is 18.2 Å². The first-order chi connectivity index (χ1) is 9.65. The van der Waals surface area contributed by atoms with Gasteiger partial charge in [0.05, 0.1) is 6.61 Å². The van der Waals surface area contributed by atoms with E-state index in [1.807, 2.05) is 30.3 Å². The molecule has 106 valence electrons. The second-order valence-corrected chi connectivity index (χ2v) is 4.24. The Balaban J connectivity index is 1.63. The summed E-state index contributed by atoms with van der Waals surface area (Å²) < 4.78 is 5.44. The van der Waals surface area contributed by atoms with Crippen molar-refractivity contribution in [3.8, 4) is 5.75 Å². The normalized spacial score (nSPS) is 14.1. The molecule has 0 spiro atoms. The van der Waals surface area contributed by atoms with E-state index < -0.39 is 11.9 Å². The molecule has 0 bridgehead atoms. The number of urea groups is 1. The lowest BCUT2D eigenvalue weighted by atomic mass is 10.3. The molecule has 0 aromatic heterocycles. The van der Waals surface area contributed by atoms with Crippen molar-refractivity contribution in [2.75, 3.05) is 13.2 Å². The van der Waals surface area contributed by atoms with Crippen LogP contribution in [0.4, 0.5) is 4.79 Å². The molecule has 1 fully saturated rings. The van der Waals surface area contributed by atoms with Crippen molar-refractivity contribution in [3.63, 3.8) is 0 Å². The summed E-state index contributed by atoms with van der Waals surface area (Å²) in [6.45, 7) is 0.258. The molecule has 0 saturated carbocycles. The average Bonchev–Trinajstić information content (AvgIpc) is 2.74. The minimum Gasteiger partial charge on any atom is -0.494 e. The van der Waals surface area contributed by atoms with Crippen molar-refractivity contribution in [3.05, 3.63) is 30.3 Å². The molecule has 4 amide bonds. The standard InChI is InChI=1S/C13H15N3O4/c17-11(15-16-9-12(18)14-13(16)19)7-4-8-20-10-5-2-1-3-6-10/h1-3,5-6H,4,7-9H2,(H,15,17)(H,14,18,19). The SMILES string of the molecule is O=C1CN(NC(=O)CCCOc2ccccc2)C(=O)N1. The number of hydrazine groups is 1. The molecular formula is C13H15N3O4. The first-order valence-electron chi connectivity index (χ1n) is 6.24. The summed E-state index contributed by atoms with van der Waals surface area (Å²) in [6, 6.07) is 8.68. The number of carbonyl (C=O) groups is 3. The fraction of sp³-hybridized carbons (Fsp3) is 0.308. The molecule has 0 radical (unpaired) electrons. The Morgan fingerprint density at radius 3 is 2.70 bits per heavy atom. The first-order valence-corrected chi connectivity index (χ1v) is 6.24. The fourth-order valence-electron chi connectivity index (χ4n) is 1.68. The molecule has 20 heavy (non-hydrogen) atoms. The number of imide groups is 1. The van der Waals surface area contributed by atoms with Crippen LogP contribution in [0.15, 0.2) is 30.3 Å². The molecule has 1 aromatic carbocycles. The van der Waals surface area contributed by atoms with Gasteiger partial charge in [0.25, 0.3) is 0 Å². The van der Waals surface area contributed by atoms with Gasteiger partial charge in [0.2, 0.25) is 11.8 Å². The third-order valence-electron chi connectivity index (χ3n) is 2.61. The molecule has 7 heteroatoms. The summed E-state index contributed by atoms with van der Waals surface area (Å²) >= 11 is 0. The molecule has 2 N–H and O–H groups in total. The summed E-state index contributed by atoms with van der Waals surface area (Å²) in [7, 11) is 0. The molecule has 0 unspecified atom stereocenters. The van der Waals surface area contributed by atoms with E-state index >= 15 is 0 Å². The highest BCUT2D eigenvalue weighted by Crippen LogP contribution is 2.08. The Kier molecular flexibility index (Phi) is 4.54. The molecule has 1 heterocycles. The largest absolute Gasteiger partial charge is 0.494 e. The Morgan fingerprint density at radius 1 is 1.30 bits per heavy atom. The van der Waals surface area contributed by atoms with Crippen LogP contribution in [0.3, 0.4) is 0 Å². The zero-order valence-electron chi connectivity index (χ0n) is 10.8. The predicted molar refractivity (Wildman–Crippen MR) is 69.6 cm³/mol. The third-order valence-corrected chi connectivity index (χ3v) is 2.61. The van der Waals surface area contributed by atoms with E-state index in [0.717, 1.165) is 10.8 Å². The summed E-state index contributed by atoms with van der Waals surface area (Å²) in [6.07, 6.45) is 0.731. The van der Waals surface area contributed by atoms with Crippen LogP contribution in [0.2, 0.25) is 0 Å². The smallest absolute Gasteiger partial charge is 0.343 e. The Labute approximate surface area is 115 Å². The molecule has 0 atom stereocenters. The number of ether oxygens (including phenoxy) is 1. The highest BCUT2D eigenvalue weighted by molar-refractivity contribution is 6.02. The molecule has 1 saturated heterocycles. The van der Waals surface area contributed by atoms with Gasteiger partial charge in [0, 0.05) is 6.42 Å². The summed E-state index contributed by atoms with van der Waals surface area (Å²) in [5.74, 6) is -0.00773. The summed E-state index contributed by atoms with van der Waals surface area (Å²) in [5, 5.41) is 3.03. The Hall–Kier alpha value is -2.57. The number of hydrogen-bond donors (Lipinski definition) is 2. The maximum absolute atomic E-state index is 11.6. The van der Waals surface area contributed by atoms with E-state index in [1.54, 1.807) is 0 Å². The number of carbonyl (C=O) groups excluding carboxylic acids is 3. The molecule has 0 aliphatic carbocycles. The lowest BCUT2D eigenvalue weighted by Crippen LogP contribution is -2.44. The Bertz CT molecular complexity index is 504. The zero-order chi connectivity index (χ0) is 14.4. The number of rotatable bonds is 6. The van der Waals surface area contributed by atoms with Crippen molar-refractivity contribution in [1.82, 2.24) is 15.8 Å². The summed E-state index contributed by atoms with van der Waals surface area (Å²) in [5.41, 5.74) is 2.36. The van der Waals surface area contributed by atoms with E-state index in [2.05, 4.69) is 10.7 Å². The number of hydrogen-bond acceptors (Lipinski definition) is 4. The molecule has 1 aliphatic rings. The third kappa shape index (κ3) is 3.98. The highest BCUT2D eigenvalue weighted by Gasteiger charge is 2.27. The molecule has 2 rings (SSSR count). The van der Waals surface area contributed by atoms with Gasteiger partial charge < -0.3 is 4.74 Å². The molecule has 1 aliphatic heterocycles. The van der Waals surface area contributed by atoms with Crippen LogP contribution >= 0.6 is 0 Å². The van der Waals surface area contributed by atoms with Crippen molar-refractivity contribution in [2.24, 2.45) is 0 Å².